The van der Waals surface area contributed by atoms with Gasteiger partial charge in [0.1, 0.15) is 5.82 Å². The van der Waals surface area contributed by atoms with Crippen molar-refractivity contribution >= 4 is 33.8 Å². The number of pyridine rings is 1. The maximum absolute atomic E-state index is 12.3. The Kier molecular flexibility index (Phi) is 6.74. The lowest BCUT2D eigenvalue weighted by Gasteiger charge is -2.56. The van der Waals surface area contributed by atoms with Gasteiger partial charge in [-0.2, -0.15) is 0 Å². The van der Waals surface area contributed by atoms with Crippen molar-refractivity contribution in [2.75, 3.05) is 19.8 Å². The van der Waals surface area contributed by atoms with Gasteiger partial charge in [0.25, 0.3) is 0 Å². The normalized spacial score (nSPS) is 37.4. The summed E-state index contributed by atoms with van der Waals surface area (Å²) in [6.45, 7) is 2.32. The Balaban J connectivity index is 0.000000848. The third-order valence-corrected chi connectivity index (χ3v) is 10.1. The first-order valence-electron chi connectivity index (χ1n) is 13.4. The van der Waals surface area contributed by atoms with Crippen molar-refractivity contribution in [1.29, 1.82) is 0 Å². The fraction of sp³-hybridized carbons (Fsp3) is 0.567. The van der Waals surface area contributed by atoms with Crippen molar-refractivity contribution in [1.82, 2.24) is 10.3 Å². The van der Waals surface area contributed by atoms with Crippen LogP contribution in [-0.2, 0) is 0 Å². The Morgan fingerprint density at radius 3 is 2.64 bits per heavy atom. The number of alkyl halides is 1. The second kappa shape index (κ2) is 9.43. The van der Waals surface area contributed by atoms with Gasteiger partial charge in [0, 0.05) is 17.5 Å². The fourth-order valence-corrected chi connectivity index (χ4v) is 8.02. The Bertz CT molecular complexity index is 1210. The highest BCUT2D eigenvalue weighted by Crippen LogP contribution is 2.65. The molecule has 5 nitrogen and oxygen atoms in total. The quantitative estimate of drug-likeness (QED) is 0.303. The lowest BCUT2D eigenvalue weighted by molar-refractivity contribution is -0.106. The topological polar surface area (TPSA) is 91.4 Å². The highest BCUT2D eigenvalue weighted by atomic mass is 35.5. The van der Waals surface area contributed by atoms with E-state index in [1.807, 2.05) is 26.4 Å². The molecular weight excluding hydrogens is 470 g/mol. The van der Waals surface area contributed by atoms with Crippen LogP contribution in [0.25, 0.3) is 16.3 Å². The molecule has 0 aliphatic heterocycles. The number of nitrogens with one attached hydrogen (secondary N) is 1. The molecule has 1 heterocycles. The van der Waals surface area contributed by atoms with Crippen LogP contribution in [0.5, 0.6) is 0 Å². The van der Waals surface area contributed by atoms with E-state index in [1.54, 1.807) is 0 Å². The van der Waals surface area contributed by atoms with Crippen LogP contribution in [0.4, 0.5) is 5.82 Å². The Labute approximate surface area is 219 Å². The maximum atomic E-state index is 12.3. The van der Waals surface area contributed by atoms with Crippen molar-refractivity contribution in [3.63, 3.8) is 0 Å². The molecule has 0 radical (unpaired) electrons. The molecule has 2 aromatic rings. The molecule has 36 heavy (non-hydrogen) atoms. The third kappa shape index (κ3) is 4.09. The van der Waals surface area contributed by atoms with E-state index in [-0.39, 0.29) is 17.4 Å². The van der Waals surface area contributed by atoms with Crippen LogP contribution in [0.15, 0.2) is 48.2 Å². The molecule has 0 bridgehead atoms. The number of aliphatic hydroxyl groups is 2. The zero-order chi connectivity index (χ0) is 25.7. The summed E-state index contributed by atoms with van der Waals surface area (Å²) in [6, 6.07) is 8.42. The van der Waals surface area contributed by atoms with Gasteiger partial charge in [-0.1, -0.05) is 36.8 Å². The Morgan fingerprint density at radius 2 is 1.86 bits per heavy atom. The van der Waals surface area contributed by atoms with Crippen molar-refractivity contribution in [2.45, 2.75) is 74.9 Å². The van der Waals surface area contributed by atoms with Crippen LogP contribution in [0.2, 0.25) is 0 Å². The molecule has 6 atom stereocenters. The number of nitrogen functional groups attached to an aromatic ring is 1. The van der Waals surface area contributed by atoms with Gasteiger partial charge in [0.15, 0.2) is 0 Å². The summed E-state index contributed by atoms with van der Waals surface area (Å²) >= 11 is 7.35. The number of anilines is 1. The summed E-state index contributed by atoms with van der Waals surface area (Å²) in [5, 5.41) is 27.5. The van der Waals surface area contributed by atoms with E-state index in [2.05, 4.69) is 47.6 Å². The molecule has 5 unspecified atom stereocenters. The van der Waals surface area contributed by atoms with Gasteiger partial charge >= 0.3 is 0 Å². The molecule has 1 aromatic carbocycles. The van der Waals surface area contributed by atoms with Crippen molar-refractivity contribution in [2.24, 2.45) is 17.3 Å². The van der Waals surface area contributed by atoms with Crippen LogP contribution in [0.3, 0.4) is 0 Å². The molecule has 2 fully saturated rings. The number of halogens is 1. The molecule has 6 heteroatoms. The van der Waals surface area contributed by atoms with E-state index >= 15 is 0 Å². The molecule has 4 aliphatic carbocycles. The van der Waals surface area contributed by atoms with Gasteiger partial charge in [0.05, 0.1) is 16.6 Å². The minimum atomic E-state index is -0.956. The lowest BCUT2D eigenvalue weighted by atomic mass is 9.54. The SMILES string of the molecule is CC12CCC3(Cl)C=C4CC(O)CCC4CC[C@]3(O)C1CC=C2c1ccc2cc(N)ncc2c1.CNC. The van der Waals surface area contributed by atoms with Gasteiger partial charge in [0.2, 0.25) is 0 Å². The lowest BCUT2D eigenvalue weighted by Crippen LogP contribution is -2.61. The van der Waals surface area contributed by atoms with Gasteiger partial charge in [-0.15, -0.1) is 11.6 Å². The molecule has 0 saturated heterocycles. The zero-order valence-corrected chi connectivity index (χ0v) is 22.5. The second-order valence-electron chi connectivity index (χ2n) is 11.7. The first-order valence-corrected chi connectivity index (χ1v) is 13.8. The average molecular weight is 510 g/mol. The van der Waals surface area contributed by atoms with Crippen LogP contribution in [-0.4, -0.2) is 45.9 Å². The van der Waals surface area contributed by atoms with E-state index < -0.39 is 10.5 Å². The minimum absolute atomic E-state index is 0.0772. The van der Waals surface area contributed by atoms with Crippen molar-refractivity contribution < 1.29 is 10.2 Å². The summed E-state index contributed by atoms with van der Waals surface area (Å²) in [7, 11) is 3.75. The fourth-order valence-electron chi connectivity index (χ4n) is 7.56. The summed E-state index contributed by atoms with van der Waals surface area (Å²) in [6.07, 6.45) is 12.8. The van der Waals surface area contributed by atoms with E-state index in [4.69, 9.17) is 17.3 Å². The van der Waals surface area contributed by atoms with Gasteiger partial charge < -0.3 is 21.3 Å². The molecule has 1 aromatic heterocycles. The number of allylic oxidation sites excluding steroid dienone is 2. The first kappa shape index (κ1) is 25.7. The number of nitrogens with two attached hydrogens (primary N) is 1. The standard InChI is InChI=1S/C28H33ClN2O2.C2H7N/c1-26-10-11-27(29)15-20-13-22(32)5-4-17(20)8-9-28(27,33)24(26)7-6-23(26)19-3-2-18-14-25(30)31-16-21(18)12-19;1-3-2/h2-3,6,12,14-17,22,24,32-33H,4-5,7-11,13H2,1H3,(H2,30,31);3H,1-2H3/t17?,22?,24?,26?,27?,28-;/m0./s1. The summed E-state index contributed by atoms with van der Waals surface area (Å²) in [4.78, 5) is 3.52. The Hall–Kier alpha value is -1.92. The predicted molar refractivity (Wildman–Crippen MR) is 149 cm³/mol. The largest absolute Gasteiger partial charge is 0.393 e. The molecule has 2 saturated carbocycles. The number of hydrogen-bond donors (Lipinski definition) is 4. The highest BCUT2D eigenvalue weighted by molar-refractivity contribution is 6.26. The molecule has 194 valence electrons. The maximum Gasteiger partial charge on any atom is 0.123 e. The number of rotatable bonds is 1. The van der Waals surface area contributed by atoms with Gasteiger partial charge in [-0.25, -0.2) is 4.98 Å². The van der Waals surface area contributed by atoms with E-state index in [9.17, 15) is 10.2 Å². The number of nitrogens with zero attached hydrogens (tertiary/aromatic N) is 1. The number of benzene rings is 1. The molecule has 0 amide bonds. The molecule has 5 N–H and O–H groups in total. The van der Waals surface area contributed by atoms with Gasteiger partial charge in [-0.3, -0.25) is 0 Å². The molecular formula is C30H40ClN3O2. The van der Waals surface area contributed by atoms with Gasteiger partial charge in [-0.05, 0) is 105 Å². The summed E-state index contributed by atoms with van der Waals surface area (Å²) < 4.78 is 0. The van der Waals surface area contributed by atoms with E-state index in [1.165, 1.54) is 16.7 Å². The summed E-state index contributed by atoms with van der Waals surface area (Å²) in [5.74, 6) is 1.05. The zero-order valence-electron chi connectivity index (χ0n) is 21.7. The van der Waals surface area contributed by atoms with Crippen LogP contribution in [0.1, 0.15) is 63.9 Å². The number of fused-ring (bicyclic) bond motifs is 5. The van der Waals surface area contributed by atoms with Crippen LogP contribution in [0, 0.1) is 17.3 Å². The van der Waals surface area contributed by atoms with E-state index in [0.29, 0.717) is 18.2 Å². The second-order valence-corrected chi connectivity index (χ2v) is 12.3. The monoisotopic (exact) mass is 509 g/mol. The first-order chi connectivity index (χ1) is 17.1. The molecule has 0 spiro atoms. The van der Waals surface area contributed by atoms with E-state index in [0.717, 1.165) is 55.7 Å². The average Bonchev–Trinajstić information content (AvgIpc) is 3.14. The number of aromatic nitrogens is 1. The predicted octanol–water partition coefficient (Wildman–Crippen LogP) is 5.45. The summed E-state index contributed by atoms with van der Waals surface area (Å²) in [5.41, 5.74) is 8.58. The molecule has 6 rings (SSSR count). The smallest absolute Gasteiger partial charge is 0.123 e. The third-order valence-electron chi connectivity index (χ3n) is 9.43. The van der Waals surface area contributed by atoms with Crippen LogP contribution >= 0.6 is 11.6 Å². The Morgan fingerprint density at radius 1 is 1.08 bits per heavy atom. The van der Waals surface area contributed by atoms with Crippen molar-refractivity contribution in [3.05, 3.63) is 53.8 Å². The minimum Gasteiger partial charge on any atom is -0.393 e. The molecule has 4 aliphatic rings. The van der Waals surface area contributed by atoms with Crippen LogP contribution < -0.4 is 11.1 Å². The number of aliphatic hydroxyl groups excluding tert-OH is 1. The number of hydrogen-bond acceptors (Lipinski definition) is 5. The highest BCUT2D eigenvalue weighted by Gasteiger charge is 2.64. The van der Waals surface area contributed by atoms with Crippen molar-refractivity contribution in [3.8, 4) is 0 Å².